The SMILES string of the molecule is O=C(NCCc1cccs1)c1cocn1. The Morgan fingerprint density at radius 1 is 1.60 bits per heavy atom. The van der Waals surface area contributed by atoms with Crippen LogP contribution in [0.5, 0.6) is 0 Å². The highest BCUT2D eigenvalue weighted by Gasteiger charge is 2.07. The first-order valence-electron chi connectivity index (χ1n) is 4.55. The molecule has 2 heterocycles. The maximum atomic E-state index is 11.4. The predicted molar refractivity (Wildman–Crippen MR) is 56.9 cm³/mol. The minimum Gasteiger partial charge on any atom is -0.451 e. The van der Waals surface area contributed by atoms with E-state index in [1.807, 2.05) is 17.5 Å². The highest BCUT2D eigenvalue weighted by molar-refractivity contribution is 7.09. The van der Waals surface area contributed by atoms with Crippen molar-refractivity contribution in [3.63, 3.8) is 0 Å². The summed E-state index contributed by atoms with van der Waals surface area (Å²) in [7, 11) is 0. The molecule has 0 spiro atoms. The number of rotatable bonds is 4. The molecule has 0 radical (unpaired) electrons. The van der Waals surface area contributed by atoms with Crippen molar-refractivity contribution >= 4 is 17.2 Å². The van der Waals surface area contributed by atoms with Crippen molar-refractivity contribution in [3.8, 4) is 0 Å². The second kappa shape index (κ2) is 4.75. The summed E-state index contributed by atoms with van der Waals surface area (Å²) < 4.78 is 4.72. The van der Waals surface area contributed by atoms with Crippen LogP contribution in [-0.2, 0) is 6.42 Å². The number of nitrogens with one attached hydrogen (secondary N) is 1. The third-order valence-electron chi connectivity index (χ3n) is 1.90. The molecule has 0 bridgehead atoms. The van der Waals surface area contributed by atoms with Crippen molar-refractivity contribution in [2.24, 2.45) is 0 Å². The average molecular weight is 222 g/mol. The topological polar surface area (TPSA) is 55.1 Å². The Kier molecular flexibility index (Phi) is 3.14. The Balaban J connectivity index is 1.77. The lowest BCUT2D eigenvalue weighted by molar-refractivity contribution is 0.0949. The molecule has 0 fully saturated rings. The molecule has 2 aromatic rings. The zero-order valence-electron chi connectivity index (χ0n) is 7.97. The Morgan fingerprint density at radius 3 is 3.20 bits per heavy atom. The smallest absolute Gasteiger partial charge is 0.273 e. The van der Waals surface area contributed by atoms with Crippen molar-refractivity contribution in [2.45, 2.75) is 6.42 Å². The van der Waals surface area contributed by atoms with Crippen molar-refractivity contribution < 1.29 is 9.21 Å². The van der Waals surface area contributed by atoms with E-state index in [9.17, 15) is 4.79 Å². The highest BCUT2D eigenvalue weighted by atomic mass is 32.1. The van der Waals surface area contributed by atoms with Gasteiger partial charge >= 0.3 is 0 Å². The van der Waals surface area contributed by atoms with Crippen LogP contribution in [0.25, 0.3) is 0 Å². The number of oxazole rings is 1. The van der Waals surface area contributed by atoms with Crippen molar-refractivity contribution in [1.29, 1.82) is 0 Å². The summed E-state index contributed by atoms with van der Waals surface area (Å²) in [5.74, 6) is -0.194. The summed E-state index contributed by atoms with van der Waals surface area (Å²) in [5.41, 5.74) is 0.321. The van der Waals surface area contributed by atoms with E-state index in [0.717, 1.165) is 6.42 Å². The van der Waals surface area contributed by atoms with Gasteiger partial charge in [-0.25, -0.2) is 4.98 Å². The lowest BCUT2D eigenvalue weighted by Crippen LogP contribution is -2.25. The standard InChI is InChI=1S/C10H10N2O2S/c13-10(9-6-14-7-12-9)11-4-3-8-2-1-5-15-8/h1-2,5-7H,3-4H2,(H,11,13). The predicted octanol–water partition coefficient (Wildman–Crippen LogP) is 1.71. The van der Waals surface area contributed by atoms with E-state index >= 15 is 0 Å². The van der Waals surface area contributed by atoms with Crippen LogP contribution in [0.1, 0.15) is 15.4 Å². The molecule has 0 aromatic carbocycles. The Bertz CT molecular complexity index is 409. The molecular weight excluding hydrogens is 212 g/mol. The quantitative estimate of drug-likeness (QED) is 0.856. The van der Waals surface area contributed by atoms with Gasteiger partial charge in [0.25, 0.3) is 5.91 Å². The summed E-state index contributed by atoms with van der Waals surface area (Å²) >= 11 is 1.69. The molecule has 0 saturated carbocycles. The van der Waals surface area contributed by atoms with E-state index in [-0.39, 0.29) is 5.91 Å². The van der Waals surface area contributed by atoms with Gasteiger partial charge in [-0.15, -0.1) is 11.3 Å². The van der Waals surface area contributed by atoms with E-state index in [0.29, 0.717) is 12.2 Å². The Morgan fingerprint density at radius 2 is 2.53 bits per heavy atom. The number of hydrogen-bond acceptors (Lipinski definition) is 4. The van der Waals surface area contributed by atoms with Gasteiger partial charge in [-0.2, -0.15) is 0 Å². The van der Waals surface area contributed by atoms with Crippen LogP contribution in [0.2, 0.25) is 0 Å². The number of carbonyl (C=O) groups excluding carboxylic acids is 1. The minimum atomic E-state index is -0.194. The minimum absolute atomic E-state index is 0.194. The highest BCUT2D eigenvalue weighted by Crippen LogP contribution is 2.08. The second-order valence-electron chi connectivity index (χ2n) is 2.96. The molecule has 1 N–H and O–H groups in total. The second-order valence-corrected chi connectivity index (χ2v) is 3.99. The molecule has 5 heteroatoms. The maximum Gasteiger partial charge on any atom is 0.273 e. The summed E-state index contributed by atoms with van der Waals surface area (Å²) in [4.78, 5) is 16.4. The molecule has 0 aliphatic carbocycles. The number of hydrogen-bond donors (Lipinski definition) is 1. The molecule has 78 valence electrons. The van der Waals surface area contributed by atoms with Gasteiger partial charge in [-0.1, -0.05) is 6.07 Å². The first-order chi connectivity index (χ1) is 7.36. The van der Waals surface area contributed by atoms with Crippen LogP contribution in [0, 0.1) is 0 Å². The van der Waals surface area contributed by atoms with E-state index in [1.54, 1.807) is 11.3 Å². The first kappa shape index (κ1) is 9.92. The summed E-state index contributed by atoms with van der Waals surface area (Å²) in [6, 6.07) is 4.05. The molecular formula is C10H10N2O2S. The van der Waals surface area contributed by atoms with Gasteiger partial charge in [0.1, 0.15) is 6.26 Å². The molecule has 2 rings (SSSR count). The third kappa shape index (κ3) is 2.66. The maximum absolute atomic E-state index is 11.4. The summed E-state index contributed by atoms with van der Waals surface area (Å²) in [6.45, 7) is 0.617. The molecule has 0 aliphatic heterocycles. The molecule has 0 saturated heterocycles. The normalized spacial score (nSPS) is 10.1. The zero-order chi connectivity index (χ0) is 10.5. The summed E-state index contributed by atoms with van der Waals surface area (Å²) in [5, 5.41) is 4.79. The monoisotopic (exact) mass is 222 g/mol. The number of aromatic nitrogens is 1. The molecule has 4 nitrogen and oxygen atoms in total. The first-order valence-corrected chi connectivity index (χ1v) is 5.43. The third-order valence-corrected chi connectivity index (χ3v) is 2.84. The fourth-order valence-corrected chi connectivity index (χ4v) is 1.88. The summed E-state index contributed by atoms with van der Waals surface area (Å²) in [6.07, 6.45) is 3.43. The van der Waals surface area contributed by atoms with Gasteiger partial charge in [0.2, 0.25) is 0 Å². The van der Waals surface area contributed by atoms with E-state index < -0.39 is 0 Å². The van der Waals surface area contributed by atoms with Gasteiger partial charge in [0.05, 0.1) is 0 Å². The van der Waals surface area contributed by atoms with Crippen LogP contribution < -0.4 is 5.32 Å². The van der Waals surface area contributed by atoms with Crippen molar-refractivity contribution in [3.05, 3.63) is 40.7 Å². The van der Waals surface area contributed by atoms with Gasteiger partial charge in [0.15, 0.2) is 12.1 Å². The number of thiophene rings is 1. The number of carbonyl (C=O) groups is 1. The van der Waals surface area contributed by atoms with Gasteiger partial charge in [0, 0.05) is 11.4 Å². The van der Waals surface area contributed by atoms with Gasteiger partial charge in [-0.3, -0.25) is 4.79 Å². The molecule has 1 amide bonds. The fourth-order valence-electron chi connectivity index (χ4n) is 1.17. The molecule has 15 heavy (non-hydrogen) atoms. The lowest BCUT2D eigenvalue weighted by atomic mass is 10.3. The Hall–Kier alpha value is -1.62. The average Bonchev–Trinajstić information content (AvgIpc) is 2.90. The number of nitrogens with zero attached hydrogens (tertiary/aromatic N) is 1. The van der Waals surface area contributed by atoms with Crippen molar-refractivity contribution in [1.82, 2.24) is 10.3 Å². The van der Waals surface area contributed by atoms with Crippen LogP contribution in [0.15, 0.2) is 34.6 Å². The molecule has 2 aromatic heterocycles. The molecule has 0 unspecified atom stereocenters. The fraction of sp³-hybridized carbons (Fsp3) is 0.200. The number of amides is 1. The zero-order valence-corrected chi connectivity index (χ0v) is 8.79. The largest absolute Gasteiger partial charge is 0.451 e. The van der Waals surface area contributed by atoms with E-state index in [2.05, 4.69) is 10.3 Å². The van der Waals surface area contributed by atoms with Crippen LogP contribution in [0.3, 0.4) is 0 Å². The molecule has 0 atom stereocenters. The van der Waals surface area contributed by atoms with Crippen molar-refractivity contribution in [2.75, 3.05) is 6.54 Å². The van der Waals surface area contributed by atoms with Gasteiger partial charge < -0.3 is 9.73 Å². The van der Waals surface area contributed by atoms with Crippen LogP contribution in [0.4, 0.5) is 0 Å². The van der Waals surface area contributed by atoms with Crippen LogP contribution >= 0.6 is 11.3 Å². The van der Waals surface area contributed by atoms with Gasteiger partial charge in [-0.05, 0) is 17.9 Å². The van der Waals surface area contributed by atoms with Crippen LogP contribution in [-0.4, -0.2) is 17.4 Å². The van der Waals surface area contributed by atoms with E-state index in [4.69, 9.17) is 4.42 Å². The molecule has 0 aliphatic rings. The Labute approximate surface area is 90.9 Å². The lowest BCUT2D eigenvalue weighted by Gasteiger charge is -2.00. The van der Waals surface area contributed by atoms with E-state index in [1.165, 1.54) is 17.5 Å².